The lowest BCUT2D eigenvalue weighted by Gasteiger charge is -2.19. The van der Waals surface area contributed by atoms with E-state index in [0.29, 0.717) is 13.1 Å². The zero-order valence-electron chi connectivity index (χ0n) is 10.1. The van der Waals surface area contributed by atoms with Crippen molar-refractivity contribution in [1.29, 1.82) is 0 Å². The normalized spacial score (nSPS) is 9.61. The highest BCUT2D eigenvalue weighted by molar-refractivity contribution is 14.1. The number of hydrogen-bond donors (Lipinski definition) is 0. The molecule has 0 aliphatic heterocycles. The summed E-state index contributed by atoms with van der Waals surface area (Å²) in [6.07, 6.45) is 3.38. The van der Waals surface area contributed by atoms with Crippen molar-refractivity contribution in [1.82, 2.24) is 4.90 Å². The molecule has 0 aromatic heterocycles. The van der Waals surface area contributed by atoms with Crippen molar-refractivity contribution in [3.63, 3.8) is 0 Å². The maximum Gasteiger partial charge on any atom is 0.261 e. The second-order valence-electron chi connectivity index (χ2n) is 3.60. The monoisotopic (exact) mass is 357 g/mol. The number of rotatable bonds is 7. The molecule has 1 amide bonds. The molecule has 4 heteroatoms. The molecule has 1 aromatic carbocycles. The molecule has 1 rings (SSSR count). The van der Waals surface area contributed by atoms with E-state index in [2.05, 4.69) is 35.7 Å². The molecular weight excluding hydrogens is 341 g/mol. The molecule has 0 aliphatic carbocycles. The molecule has 0 bridgehead atoms. The highest BCUT2D eigenvalue weighted by Crippen LogP contribution is 2.19. The van der Waals surface area contributed by atoms with Gasteiger partial charge < -0.3 is 9.64 Å². The van der Waals surface area contributed by atoms with Crippen LogP contribution in [-0.4, -0.2) is 30.5 Å². The predicted molar refractivity (Wildman–Crippen MR) is 81.6 cm³/mol. The van der Waals surface area contributed by atoms with Crippen molar-refractivity contribution >= 4 is 28.5 Å². The molecule has 0 saturated heterocycles. The molecule has 18 heavy (non-hydrogen) atoms. The van der Waals surface area contributed by atoms with Crippen LogP contribution in [0.2, 0.25) is 0 Å². The van der Waals surface area contributed by atoms with E-state index in [4.69, 9.17) is 4.74 Å². The molecule has 0 spiro atoms. The maximum absolute atomic E-state index is 11.9. The average Bonchev–Trinajstić information content (AvgIpc) is 2.37. The van der Waals surface area contributed by atoms with Gasteiger partial charge >= 0.3 is 0 Å². The van der Waals surface area contributed by atoms with Crippen LogP contribution in [0.3, 0.4) is 0 Å². The molecule has 0 fully saturated rings. The number of halogens is 1. The lowest BCUT2D eigenvalue weighted by Crippen LogP contribution is -2.35. The van der Waals surface area contributed by atoms with Gasteiger partial charge in [-0.25, -0.2) is 0 Å². The topological polar surface area (TPSA) is 29.5 Å². The summed E-state index contributed by atoms with van der Waals surface area (Å²) in [5.41, 5.74) is 0. The van der Waals surface area contributed by atoms with Crippen LogP contribution in [0.15, 0.2) is 49.6 Å². The summed E-state index contributed by atoms with van der Waals surface area (Å²) in [4.78, 5) is 13.5. The van der Waals surface area contributed by atoms with Gasteiger partial charge in [-0.3, -0.25) is 4.79 Å². The lowest BCUT2D eigenvalue weighted by atomic mass is 10.3. The predicted octanol–water partition coefficient (Wildman–Crippen LogP) is 2.87. The van der Waals surface area contributed by atoms with Gasteiger partial charge in [0, 0.05) is 13.1 Å². The third-order valence-corrected chi connectivity index (χ3v) is 3.13. The molecule has 3 nitrogen and oxygen atoms in total. The highest BCUT2D eigenvalue weighted by Gasteiger charge is 2.11. The fourth-order valence-corrected chi connectivity index (χ4v) is 1.93. The Hall–Kier alpha value is -1.30. The number of hydrogen-bond acceptors (Lipinski definition) is 2. The summed E-state index contributed by atoms with van der Waals surface area (Å²) in [5, 5.41) is 0. The number of benzene rings is 1. The number of ether oxygens (including phenoxy) is 1. The van der Waals surface area contributed by atoms with Gasteiger partial charge in [0.05, 0.1) is 3.57 Å². The summed E-state index contributed by atoms with van der Waals surface area (Å²) < 4.78 is 6.49. The Morgan fingerprint density at radius 1 is 1.28 bits per heavy atom. The lowest BCUT2D eigenvalue weighted by molar-refractivity contribution is -0.132. The van der Waals surface area contributed by atoms with Crippen molar-refractivity contribution in [2.75, 3.05) is 19.7 Å². The summed E-state index contributed by atoms with van der Waals surface area (Å²) in [6.45, 7) is 8.28. The third kappa shape index (κ3) is 4.52. The van der Waals surface area contributed by atoms with Crippen LogP contribution < -0.4 is 4.74 Å². The number of nitrogens with zero attached hydrogens (tertiary/aromatic N) is 1. The van der Waals surface area contributed by atoms with E-state index in [1.54, 1.807) is 17.1 Å². The van der Waals surface area contributed by atoms with Gasteiger partial charge in [-0.2, -0.15) is 0 Å². The first-order chi connectivity index (χ1) is 8.69. The Bertz CT molecular complexity index is 422. The van der Waals surface area contributed by atoms with Crippen molar-refractivity contribution in [2.45, 2.75) is 0 Å². The van der Waals surface area contributed by atoms with Gasteiger partial charge in [0.2, 0.25) is 0 Å². The van der Waals surface area contributed by atoms with E-state index in [1.165, 1.54) is 0 Å². The zero-order valence-corrected chi connectivity index (χ0v) is 12.3. The average molecular weight is 357 g/mol. The van der Waals surface area contributed by atoms with E-state index in [9.17, 15) is 4.79 Å². The SMILES string of the molecule is C=CCN(CC=C)C(=O)COc1ccccc1I. The molecule has 0 aliphatic rings. The van der Waals surface area contributed by atoms with Crippen molar-refractivity contribution in [2.24, 2.45) is 0 Å². The Morgan fingerprint density at radius 2 is 1.89 bits per heavy atom. The van der Waals surface area contributed by atoms with Crippen LogP contribution in [-0.2, 0) is 4.79 Å². The number of para-hydroxylation sites is 1. The van der Waals surface area contributed by atoms with Crippen LogP contribution in [0.25, 0.3) is 0 Å². The second-order valence-corrected chi connectivity index (χ2v) is 4.76. The molecule has 0 unspecified atom stereocenters. The molecule has 1 aromatic rings. The van der Waals surface area contributed by atoms with E-state index in [1.807, 2.05) is 24.3 Å². The van der Waals surface area contributed by atoms with E-state index >= 15 is 0 Å². The Balaban J connectivity index is 2.56. The van der Waals surface area contributed by atoms with E-state index in [0.717, 1.165) is 9.32 Å². The fraction of sp³-hybridized carbons (Fsp3) is 0.214. The molecule has 0 radical (unpaired) electrons. The number of carbonyl (C=O) groups excluding carboxylic acids is 1. The minimum Gasteiger partial charge on any atom is -0.483 e. The van der Waals surface area contributed by atoms with Gasteiger partial charge in [0.1, 0.15) is 5.75 Å². The van der Waals surface area contributed by atoms with Gasteiger partial charge in [-0.15, -0.1) is 13.2 Å². The van der Waals surface area contributed by atoms with Crippen molar-refractivity contribution < 1.29 is 9.53 Å². The minimum absolute atomic E-state index is 0.0295. The minimum atomic E-state index is -0.0746. The molecule has 0 saturated carbocycles. The first-order valence-corrected chi connectivity index (χ1v) is 6.63. The third-order valence-electron chi connectivity index (χ3n) is 2.24. The van der Waals surface area contributed by atoms with E-state index in [-0.39, 0.29) is 12.5 Å². The van der Waals surface area contributed by atoms with Crippen LogP contribution >= 0.6 is 22.6 Å². The second kappa shape index (κ2) is 7.92. The summed E-state index contributed by atoms with van der Waals surface area (Å²) in [5.74, 6) is 0.651. The summed E-state index contributed by atoms with van der Waals surface area (Å²) in [7, 11) is 0. The van der Waals surface area contributed by atoms with Crippen LogP contribution in [0.1, 0.15) is 0 Å². The van der Waals surface area contributed by atoms with Gasteiger partial charge in [0.25, 0.3) is 5.91 Å². The van der Waals surface area contributed by atoms with E-state index < -0.39 is 0 Å². The highest BCUT2D eigenvalue weighted by atomic mass is 127. The zero-order chi connectivity index (χ0) is 13.4. The van der Waals surface area contributed by atoms with Crippen molar-refractivity contribution in [3.8, 4) is 5.75 Å². The van der Waals surface area contributed by atoms with Gasteiger partial charge in [-0.1, -0.05) is 24.3 Å². The molecule has 0 atom stereocenters. The quantitative estimate of drug-likeness (QED) is 0.555. The molecule has 0 heterocycles. The fourth-order valence-electron chi connectivity index (χ4n) is 1.38. The first kappa shape index (κ1) is 14.8. The van der Waals surface area contributed by atoms with Gasteiger partial charge in [-0.05, 0) is 34.7 Å². The first-order valence-electron chi connectivity index (χ1n) is 5.56. The van der Waals surface area contributed by atoms with Crippen LogP contribution in [0, 0.1) is 3.57 Å². The Morgan fingerprint density at radius 3 is 2.44 bits per heavy atom. The maximum atomic E-state index is 11.9. The summed E-state index contributed by atoms with van der Waals surface area (Å²) >= 11 is 2.18. The molecule has 96 valence electrons. The standard InChI is InChI=1S/C14H16INO2/c1-3-9-16(10-4-2)14(17)11-18-13-8-6-5-7-12(13)15/h3-8H,1-2,9-11H2. The van der Waals surface area contributed by atoms with Crippen LogP contribution in [0.5, 0.6) is 5.75 Å². The van der Waals surface area contributed by atoms with Crippen molar-refractivity contribution in [3.05, 3.63) is 53.1 Å². The largest absolute Gasteiger partial charge is 0.483 e. The number of carbonyl (C=O) groups is 1. The van der Waals surface area contributed by atoms with Gasteiger partial charge in [0.15, 0.2) is 6.61 Å². The Labute approximate surface area is 121 Å². The summed E-state index contributed by atoms with van der Waals surface area (Å²) in [6, 6.07) is 7.59. The molecular formula is C14H16INO2. The smallest absolute Gasteiger partial charge is 0.261 e. The Kier molecular flexibility index (Phi) is 6.49. The number of amides is 1. The van der Waals surface area contributed by atoms with Crippen LogP contribution in [0.4, 0.5) is 0 Å². The molecule has 0 N–H and O–H groups in total.